The van der Waals surface area contributed by atoms with Crippen LogP contribution in [0.4, 0.5) is 0 Å². The molecule has 0 spiro atoms. The van der Waals surface area contributed by atoms with Crippen molar-refractivity contribution in [3.63, 3.8) is 0 Å². The van der Waals surface area contributed by atoms with Gasteiger partial charge in [0.2, 0.25) is 0 Å². The maximum absolute atomic E-state index is 11.5. The molecular weight excluding hydrogens is 284 g/mol. The van der Waals surface area contributed by atoms with E-state index in [2.05, 4.69) is 26.8 Å². The molecule has 2 rings (SSSR count). The van der Waals surface area contributed by atoms with E-state index in [0.717, 1.165) is 10.0 Å². The third-order valence-electron chi connectivity index (χ3n) is 2.75. The van der Waals surface area contributed by atoms with Gasteiger partial charge in [0.1, 0.15) is 6.04 Å². The summed E-state index contributed by atoms with van der Waals surface area (Å²) < 4.78 is 6.03. The van der Waals surface area contributed by atoms with Crippen LogP contribution >= 0.6 is 15.9 Å². The minimum atomic E-state index is -0.261. The molecule has 1 aliphatic heterocycles. The van der Waals surface area contributed by atoms with E-state index in [1.165, 1.54) is 0 Å². The van der Waals surface area contributed by atoms with Crippen molar-refractivity contribution in [2.75, 3.05) is 6.61 Å². The van der Waals surface area contributed by atoms with Crippen LogP contribution in [0.25, 0.3) is 0 Å². The summed E-state index contributed by atoms with van der Waals surface area (Å²) in [6.07, 6.45) is 0.709. The molecule has 5 heteroatoms. The van der Waals surface area contributed by atoms with Crippen LogP contribution in [-0.4, -0.2) is 18.6 Å². The van der Waals surface area contributed by atoms with Gasteiger partial charge < -0.3 is 4.74 Å². The van der Waals surface area contributed by atoms with Gasteiger partial charge in [-0.3, -0.25) is 4.79 Å². The average Bonchev–Trinajstić information content (AvgIpc) is 2.80. The van der Waals surface area contributed by atoms with Gasteiger partial charge in [-0.05, 0) is 31.0 Å². The Bertz CT molecular complexity index is 394. The highest BCUT2D eigenvalue weighted by molar-refractivity contribution is 9.10. The molecule has 92 valence electrons. The van der Waals surface area contributed by atoms with Crippen LogP contribution in [0.3, 0.4) is 0 Å². The lowest BCUT2D eigenvalue weighted by Crippen LogP contribution is -2.37. The molecule has 1 heterocycles. The molecule has 0 bridgehead atoms. The van der Waals surface area contributed by atoms with Crippen molar-refractivity contribution in [1.29, 1.82) is 0 Å². The van der Waals surface area contributed by atoms with Gasteiger partial charge in [-0.1, -0.05) is 28.1 Å². The quantitative estimate of drug-likeness (QED) is 0.837. The second-order valence-corrected chi connectivity index (χ2v) is 4.85. The topological polar surface area (TPSA) is 50.4 Å². The summed E-state index contributed by atoms with van der Waals surface area (Å²) >= 11 is 3.40. The van der Waals surface area contributed by atoms with Gasteiger partial charge in [-0.2, -0.15) is 0 Å². The Morgan fingerprint density at radius 2 is 2.12 bits per heavy atom. The number of hydrogen-bond acceptors (Lipinski definition) is 4. The van der Waals surface area contributed by atoms with E-state index in [-0.39, 0.29) is 18.1 Å². The molecule has 0 saturated carbocycles. The monoisotopic (exact) mass is 298 g/mol. The van der Waals surface area contributed by atoms with Crippen LogP contribution in [0, 0.1) is 0 Å². The number of hydrogen-bond donors (Lipinski definition) is 2. The predicted molar refractivity (Wildman–Crippen MR) is 68.2 cm³/mol. The summed E-state index contributed by atoms with van der Waals surface area (Å²) in [6.45, 7) is 2.23. The summed E-state index contributed by atoms with van der Waals surface area (Å²) in [5.41, 5.74) is 7.24. The zero-order chi connectivity index (χ0) is 12.3. The highest BCUT2D eigenvalue weighted by atomic mass is 79.9. The number of rotatable bonds is 3. The van der Waals surface area contributed by atoms with E-state index >= 15 is 0 Å². The second-order valence-electron chi connectivity index (χ2n) is 3.93. The number of carbonyl (C=O) groups is 1. The van der Waals surface area contributed by atoms with Crippen molar-refractivity contribution in [2.45, 2.75) is 25.4 Å². The lowest BCUT2D eigenvalue weighted by Gasteiger charge is -2.09. The Balaban J connectivity index is 1.98. The Labute approximate surface area is 109 Å². The maximum atomic E-state index is 11.5. The molecule has 1 fully saturated rings. The van der Waals surface area contributed by atoms with Crippen molar-refractivity contribution >= 4 is 21.9 Å². The van der Waals surface area contributed by atoms with Gasteiger partial charge in [0, 0.05) is 10.5 Å². The highest BCUT2D eigenvalue weighted by Gasteiger charge is 2.30. The maximum Gasteiger partial charge on any atom is 0.324 e. The van der Waals surface area contributed by atoms with Crippen LogP contribution in [0.1, 0.15) is 24.9 Å². The minimum absolute atomic E-state index is 0.150. The van der Waals surface area contributed by atoms with Crippen LogP contribution in [-0.2, 0) is 9.53 Å². The van der Waals surface area contributed by atoms with E-state index in [0.29, 0.717) is 13.0 Å². The molecule has 17 heavy (non-hydrogen) atoms. The highest BCUT2D eigenvalue weighted by Crippen LogP contribution is 2.24. The first kappa shape index (κ1) is 12.5. The van der Waals surface area contributed by atoms with Crippen molar-refractivity contribution in [2.24, 2.45) is 0 Å². The molecule has 1 saturated heterocycles. The number of ether oxygens (including phenoxy) is 1. The molecule has 0 aliphatic carbocycles. The fourth-order valence-corrected chi connectivity index (χ4v) is 2.13. The molecule has 1 aliphatic rings. The molecule has 0 radical (unpaired) electrons. The summed E-state index contributed by atoms with van der Waals surface area (Å²) in [5, 5.41) is 0. The average molecular weight is 299 g/mol. The fourth-order valence-electron chi connectivity index (χ4n) is 1.87. The lowest BCUT2D eigenvalue weighted by molar-refractivity contribution is -0.145. The SMILES string of the molecule is CCOC(=O)C1CC(c2ccc(Br)cc2)NN1. The molecule has 0 aromatic heterocycles. The lowest BCUT2D eigenvalue weighted by atomic mass is 10.0. The number of halogens is 1. The molecule has 2 N–H and O–H groups in total. The van der Waals surface area contributed by atoms with E-state index < -0.39 is 0 Å². The van der Waals surface area contributed by atoms with Gasteiger partial charge in [0.15, 0.2) is 0 Å². The first-order valence-corrected chi connectivity index (χ1v) is 6.43. The number of esters is 1. The van der Waals surface area contributed by atoms with E-state index in [4.69, 9.17) is 4.74 Å². The fraction of sp³-hybridized carbons (Fsp3) is 0.417. The van der Waals surface area contributed by atoms with Gasteiger partial charge in [-0.25, -0.2) is 10.9 Å². The van der Waals surface area contributed by atoms with E-state index in [1.807, 2.05) is 31.2 Å². The normalized spacial score (nSPS) is 23.6. The first-order chi connectivity index (χ1) is 8.20. The van der Waals surface area contributed by atoms with Crippen molar-refractivity contribution < 1.29 is 9.53 Å². The molecular formula is C12H15BrN2O2. The Hall–Kier alpha value is -0.910. The molecule has 4 nitrogen and oxygen atoms in total. The minimum Gasteiger partial charge on any atom is -0.465 e. The smallest absolute Gasteiger partial charge is 0.324 e. The van der Waals surface area contributed by atoms with Crippen LogP contribution < -0.4 is 10.9 Å². The molecule has 2 atom stereocenters. The van der Waals surface area contributed by atoms with Gasteiger partial charge in [-0.15, -0.1) is 0 Å². The van der Waals surface area contributed by atoms with Crippen molar-refractivity contribution in [1.82, 2.24) is 10.9 Å². The first-order valence-electron chi connectivity index (χ1n) is 5.64. The Morgan fingerprint density at radius 3 is 2.76 bits per heavy atom. The summed E-state index contributed by atoms with van der Waals surface area (Å²) in [5.74, 6) is -0.195. The zero-order valence-electron chi connectivity index (χ0n) is 9.57. The Kier molecular flexibility index (Phi) is 4.15. The Morgan fingerprint density at radius 1 is 1.41 bits per heavy atom. The molecule has 1 aromatic rings. The number of nitrogens with one attached hydrogen (secondary N) is 2. The summed E-state index contributed by atoms with van der Waals surface area (Å²) in [7, 11) is 0. The van der Waals surface area contributed by atoms with Gasteiger partial charge >= 0.3 is 5.97 Å². The van der Waals surface area contributed by atoms with Gasteiger partial charge in [0.05, 0.1) is 6.61 Å². The van der Waals surface area contributed by atoms with Crippen molar-refractivity contribution in [3.8, 4) is 0 Å². The number of hydrazine groups is 1. The van der Waals surface area contributed by atoms with Crippen molar-refractivity contribution in [3.05, 3.63) is 34.3 Å². The molecule has 2 unspecified atom stereocenters. The van der Waals surface area contributed by atoms with Crippen LogP contribution in [0.5, 0.6) is 0 Å². The number of benzene rings is 1. The third-order valence-corrected chi connectivity index (χ3v) is 3.28. The summed E-state index contributed by atoms with van der Waals surface area (Å²) in [6, 6.07) is 7.96. The standard InChI is InChI=1S/C12H15BrN2O2/c1-2-17-12(16)11-7-10(14-15-11)8-3-5-9(13)6-4-8/h3-6,10-11,14-15H,2,7H2,1H3. The number of carbonyl (C=O) groups excluding carboxylic acids is 1. The largest absolute Gasteiger partial charge is 0.465 e. The van der Waals surface area contributed by atoms with E-state index in [1.54, 1.807) is 0 Å². The van der Waals surface area contributed by atoms with Gasteiger partial charge in [0.25, 0.3) is 0 Å². The summed E-state index contributed by atoms with van der Waals surface area (Å²) in [4.78, 5) is 11.5. The molecule has 0 amide bonds. The second kappa shape index (κ2) is 5.62. The van der Waals surface area contributed by atoms with Crippen LogP contribution in [0.15, 0.2) is 28.7 Å². The van der Waals surface area contributed by atoms with Crippen LogP contribution in [0.2, 0.25) is 0 Å². The predicted octanol–water partition coefficient (Wildman–Crippen LogP) is 1.92. The third kappa shape index (κ3) is 3.06. The molecule has 1 aromatic carbocycles. The van der Waals surface area contributed by atoms with E-state index in [9.17, 15) is 4.79 Å². The zero-order valence-corrected chi connectivity index (χ0v) is 11.2.